The molecule has 3 saturated carbocycles. The molecule has 0 radical (unpaired) electrons. The van der Waals surface area contributed by atoms with Crippen LogP contribution in [0.3, 0.4) is 0 Å². The second-order valence-corrected chi connectivity index (χ2v) is 13.7. The van der Waals surface area contributed by atoms with Crippen molar-refractivity contribution < 1.29 is 9.53 Å². The Morgan fingerprint density at radius 2 is 1.76 bits per heavy atom. The molecule has 4 rings (SSSR count). The number of hydrogen-bond donors (Lipinski definition) is 0. The molecule has 0 heterocycles. The van der Waals surface area contributed by atoms with Gasteiger partial charge >= 0.3 is 5.97 Å². The normalized spacial score (nSPS) is 43.0. The van der Waals surface area contributed by atoms with Crippen molar-refractivity contribution in [3.05, 3.63) is 11.6 Å². The molecule has 164 valence electrons. The molecule has 2 nitrogen and oxygen atoms in total. The van der Waals surface area contributed by atoms with E-state index < -0.39 is 0 Å². The summed E-state index contributed by atoms with van der Waals surface area (Å²) in [6.45, 7) is 11.5. The van der Waals surface area contributed by atoms with Crippen molar-refractivity contribution in [3.63, 3.8) is 0 Å². The Morgan fingerprint density at radius 1 is 1.07 bits per heavy atom. The summed E-state index contributed by atoms with van der Waals surface area (Å²) >= 11 is 4.52. The molecule has 3 fully saturated rings. The number of esters is 1. The van der Waals surface area contributed by atoms with Gasteiger partial charge in [-0.15, -0.1) is 23.5 Å². The maximum absolute atomic E-state index is 11.5. The van der Waals surface area contributed by atoms with Gasteiger partial charge in [-0.2, -0.15) is 0 Å². The molecule has 4 heteroatoms. The van der Waals surface area contributed by atoms with Gasteiger partial charge in [-0.05, 0) is 85.0 Å². The van der Waals surface area contributed by atoms with Crippen LogP contribution in [0.1, 0.15) is 86.0 Å². The van der Waals surface area contributed by atoms with Crippen molar-refractivity contribution in [3.8, 4) is 0 Å². The van der Waals surface area contributed by atoms with E-state index >= 15 is 0 Å². The highest BCUT2D eigenvalue weighted by Crippen LogP contribution is 2.72. The van der Waals surface area contributed by atoms with Crippen molar-refractivity contribution in [2.24, 2.45) is 28.6 Å². The van der Waals surface area contributed by atoms with E-state index in [4.69, 9.17) is 4.74 Å². The van der Waals surface area contributed by atoms with Gasteiger partial charge in [-0.3, -0.25) is 4.79 Å². The molecule has 0 aliphatic heterocycles. The molecule has 0 unspecified atom stereocenters. The maximum Gasteiger partial charge on any atom is 0.302 e. The van der Waals surface area contributed by atoms with Crippen LogP contribution in [0.15, 0.2) is 11.6 Å². The van der Waals surface area contributed by atoms with E-state index in [2.05, 4.69) is 57.3 Å². The molecule has 0 aromatic carbocycles. The maximum atomic E-state index is 11.5. The SMILES string of the molecule is CCSC1(SCC)CC[C@H]2[C@@H]3CC=C4C[C@@H](OC(C)=O)CC[C@]4(C)[C@H]3CC[C@@]21C. The van der Waals surface area contributed by atoms with Crippen LogP contribution in [0.25, 0.3) is 0 Å². The van der Waals surface area contributed by atoms with Crippen LogP contribution >= 0.6 is 23.5 Å². The highest BCUT2D eigenvalue weighted by atomic mass is 32.2. The third kappa shape index (κ3) is 3.43. The van der Waals surface area contributed by atoms with Crippen molar-refractivity contribution in [2.75, 3.05) is 11.5 Å². The van der Waals surface area contributed by atoms with Crippen LogP contribution in [0.2, 0.25) is 0 Å². The highest BCUT2D eigenvalue weighted by molar-refractivity contribution is 8.18. The lowest BCUT2D eigenvalue weighted by atomic mass is 9.48. The minimum absolute atomic E-state index is 0.110. The number of carbonyl (C=O) groups is 1. The lowest BCUT2D eigenvalue weighted by molar-refractivity contribution is -0.148. The van der Waals surface area contributed by atoms with E-state index in [1.165, 1.54) is 50.0 Å². The molecular formula is C25H40O2S2. The van der Waals surface area contributed by atoms with Crippen molar-refractivity contribution >= 4 is 29.5 Å². The molecule has 4 aliphatic rings. The lowest BCUT2D eigenvalue weighted by Gasteiger charge is -2.59. The van der Waals surface area contributed by atoms with Crippen molar-refractivity contribution in [2.45, 2.75) is 96.2 Å². The van der Waals surface area contributed by atoms with E-state index in [-0.39, 0.29) is 12.1 Å². The smallest absolute Gasteiger partial charge is 0.302 e. The summed E-state index contributed by atoms with van der Waals surface area (Å²) in [4.78, 5) is 11.5. The molecule has 0 amide bonds. The number of fused-ring (bicyclic) bond motifs is 5. The Hall–Kier alpha value is -0.0900. The van der Waals surface area contributed by atoms with Crippen molar-refractivity contribution in [1.82, 2.24) is 0 Å². The first kappa shape index (κ1) is 22.1. The number of carbonyl (C=O) groups excluding carboxylic acids is 1. The molecular weight excluding hydrogens is 396 g/mol. The second-order valence-electron chi connectivity index (χ2n) is 10.3. The zero-order valence-corrected chi connectivity index (χ0v) is 20.7. The standard InChI is InChI=1S/C25H40O2S2/c1-6-28-25(29-7-2)15-12-22-20-9-8-18-16-19(27-17(3)26)10-13-23(18,4)21(20)11-14-24(22,25)5/h8,19-22H,6-7,9-16H2,1-5H3/t19-,20+,21-,22-,23-,24-/m0/s1. The Kier molecular flexibility index (Phi) is 6.19. The van der Waals surface area contributed by atoms with Crippen LogP contribution in [0.5, 0.6) is 0 Å². The van der Waals surface area contributed by atoms with Gasteiger partial charge in [0.25, 0.3) is 0 Å². The number of allylic oxidation sites excluding steroid dienone is 1. The molecule has 6 atom stereocenters. The van der Waals surface area contributed by atoms with E-state index in [1.807, 2.05) is 0 Å². The molecule has 0 aromatic heterocycles. The lowest BCUT2D eigenvalue weighted by Crippen LogP contribution is -2.53. The van der Waals surface area contributed by atoms with E-state index in [9.17, 15) is 4.79 Å². The van der Waals surface area contributed by atoms with Gasteiger partial charge in [0.05, 0.1) is 4.08 Å². The first-order valence-corrected chi connectivity index (χ1v) is 13.9. The number of thioether (sulfide) groups is 2. The zero-order chi connectivity index (χ0) is 20.9. The van der Waals surface area contributed by atoms with Crippen LogP contribution < -0.4 is 0 Å². The van der Waals surface area contributed by atoms with Gasteiger partial charge in [-0.25, -0.2) is 0 Å². The highest BCUT2D eigenvalue weighted by Gasteiger charge is 2.64. The van der Waals surface area contributed by atoms with Gasteiger partial charge in [0.2, 0.25) is 0 Å². The molecule has 0 N–H and O–H groups in total. The number of rotatable bonds is 5. The predicted octanol–water partition coefficient (Wildman–Crippen LogP) is 7.08. The fourth-order valence-electron chi connectivity index (χ4n) is 7.90. The Bertz CT molecular complexity index is 668. The Labute approximate surface area is 186 Å². The average molecular weight is 437 g/mol. The Morgan fingerprint density at radius 3 is 2.41 bits per heavy atom. The molecule has 29 heavy (non-hydrogen) atoms. The Balaban J connectivity index is 1.59. The number of ether oxygens (including phenoxy) is 1. The van der Waals surface area contributed by atoms with E-state index in [0.29, 0.717) is 14.9 Å². The minimum Gasteiger partial charge on any atom is -0.462 e. The summed E-state index contributed by atoms with van der Waals surface area (Å²) in [5, 5.41) is 0. The minimum atomic E-state index is -0.120. The summed E-state index contributed by atoms with van der Waals surface area (Å²) in [6.07, 6.45) is 12.8. The van der Waals surface area contributed by atoms with E-state index in [1.54, 1.807) is 12.5 Å². The van der Waals surface area contributed by atoms with Crippen molar-refractivity contribution in [1.29, 1.82) is 0 Å². The topological polar surface area (TPSA) is 26.3 Å². The summed E-state index contributed by atoms with van der Waals surface area (Å²) < 4.78 is 6.04. The molecule has 0 bridgehead atoms. The van der Waals surface area contributed by atoms with Gasteiger partial charge in [0.15, 0.2) is 0 Å². The molecule has 0 saturated heterocycles. The fraction of sp³-hybridized carbons (Fsp3) is 0.880. The molecule has 0 spiro atoms. The van der Waals surface area contributed by atoms with Gasteiger partial charge in [0.1, 0.15) is 6.10 Å². The number of hydrogen-bond acceptors (Lipinski definition) is 4. The third-order valence-electron chi connectivity index (χ3n) is 9.19. The monoisotopic (exact) mass is 436 g/mol. The van der Waals surface area contributed by atoms with Gasteiger partial charge in [0, 0.05) is 13.3 Å². The predicted molar refractivity (Wildman–Crippen MR) is 126 cm³/mol. The summed E-state index contributed by atoms with van der Waals surface area (Å²) in [5.41, 5.74) is 2.42. The summed E-state index contributed by atoms with van der Waals surface area (Å²) in [6, 6.07) is 0. The average Bonchev–Trinajstić information content (AvgIpc) is 2.95. The first-order valence-electron chi connectivity index (χ1n) is 11.9. The summed E-state index contributed by atoms with van der Waals surface area (Å²) in [5.74, 6) is 4.91. The first-order chi connectivity index (χ1) is 13.8. The summed E-state index contributed by atoms with van der Waals surface area (Å²) in [7, 11) is 0. The van der Waals surface area contributed by atoms with Gasteiger partial charge in [-0.1, -0.05) is 39.3 Å². The fourth-order valence-corrected chi connectivity index (χ4v) is 11.6. The third-order valence-corrected chi connectivity index (χ3v) is 12.7. The van der Waals surface area contributed by atoms with Crippen LogP contribution in [-0.2, 0) is 9.53 Å². The largest absolute Gasteiger partial charge is 0.462 e. The quantitative estimate of drug-likeness (QED) is 0.261. The zero-order valence-electron chi connectivity index (χ0n) is 19.1. The molecule has 4 aliphatic carbocycles. The van der Waals surface area contributed by atoms with Gasteiger partial charge < -0.3 is 4.74 Å². The molecule has 0 aromatic rings. The van der Waals surface area contributed by atoms with E-state index in [0.717, 1.165) is 30.6 Å². The van der Waals surface area contributed by atoms with Crippen LogP contribution in [0, 0.1) is 28.6 Å². The second kappa shape index (κ2) is 8.11. The van der Waals surface area contributed by atoms with Crippen LogP contribution in [-0.4, -0.2) is 27.7 Å². The van der Waals surface area contributed by atoms with Crippen LogP contribution in [0.4, 0.5) is 0 Å².